The van der Waals surface area contributed by atoms with Crippen molar-refractivity contribution in [3.05, 3.63) is 60.2 Å². The standard InChI is InChI=1S/C24H28N4O2S/c1-3-30-20-11-9-19(10-12-20)25-21(29)17-31-23-22(18-7-5-4-6-8-18)26-24(27-23)13-15-28(2)16-14-24/h4-12H,3,13-17H2,1-2H3,(H,25,29). The lowest BCUT2D eigenvalue weighted by Gasteiger charge is -2.33. The molecule has 0 bridgehead atoms. The predicted octanol–water partition coefficient (Wildman–Crippen LogP) is 4.08. The highest BCUT2D eigenvalue weighted by Crippen LogP contribution is 2.35. The van der Waals surface area contributed by atoms with E-state index in [1.165, 1.54) is 11.8 Å². The van der Waals surface area contributed by atoms with Crippen LogP contribution < -0.4 is 10.1 Å². The number of hydrogen-bond acceptors (Lipinski definition) is 6. The lowest BCUT2D eigenvalue weighted by molar-refractivity contribution is -0.113. The molecular formula is C24H28N4O2S. The highest BCUT2D eigenvalue weighted by atomic mass is 32.2. The molecule has 0 radical (unpaired) electrons. The van der Waals surface area contributed by atoms with E-state index in [9.17, 15) is 4.79 Å². The summed E-state index contributed by atoms with van der Waals surface area (Å²) < 4.78 is 5.45. The molecule has 7 heteroatoms. The van der Waals surface area contributed by atoms with Gasteiger partial charge in [-0.3, -0.25) is 9.79 Å². The van der Waals surface area contributed by atoms with Gasteiger partial charge in [0.05, 0.1) is 18.1 Å². The Morgan fingerprint density at radius 2 is 1.81 bits per heavy atom. The summed E-state index contributed by atoms with van der Waals surface area (Å²) in [7, 11) is 2.13. The number of aliphatic imine (C=N–C) groups is 2. The zero-order valence-corrected chi connectivity index (χ0v) is 18.8. The summed E-state index contributed by atoms with van der Waals surface area (Å²) in [5.41, 5.74) is 2.33. The van der Waals surface area contributed by atoms with E-state index in [0.29, 0.717) is 6.61 Å². The molecule has 0 unspecified atom stereocenters. The number of hydrogen-bond donors (Lipinski definition) is 1. The molecule has 0 aliphatic carbocycles. The van der Waals surface area contributed by atoms with Gasteiger partial charge in [0, 0.05) is 37.2 Å². The van der Waals surface area contributed by atoms with Crippen LogP contribution in [0.4, 0.5) is 5.69 Å². The van der Waals surface area contributed by atoms with E-state index in [2.05, 4.69) is 29.4 Å². The van der Waals surface area contributed by atoms with Gasteiger partial charge in [-0.15, -0.1) is 0 Å². The Bertz CT molecular complexity index is 965. The first-order valence-corrected chi connectivity index (χ1v) is 11.6. The zero-order chi connectivity index (χ0) is 21.7. The third kappa shape index (κ3) is 5.35. The monoisotopic (exact) mass is 436 g/mol. The molecule has 1 saturated heterocycles. The first-order chi connectivity index (χ1) is 15.1. The lowest BCUT2D eigenvalue weighted by atomic mass is 9.99. The quantitative estimate of drug-likeness (QED) is 0.741. The minimum Gasteiger partial charge on any atom is -0.494 e. The van der Waals surface area contributed by atoms with Crippen molar-refractivity contribution >= 4 is 34.1 Å². The van der Waals surface area contributed by atoms with Crippen LogP contribution in [0.3, 0.4) is 0 Å². The molecule has 1 amide bonds. The Labute approximate surface area is 187 Å². The van der Waals surface area contributed by atoms with Crippen LogP contribution in [-0.2, 0) is 4.79 Å². The Morgan fingerprint density at radius 1 is 1.10 bits per heavy atom. The van der Waals surface area contributed by atoms with E-state index >= 15 is 0 Å². The van der Waals surface area contributed by atoms with Gasteiger partial charge in [-0.1, -0.05) is 42.1 Å². The number of carbonyl (C=O) groups excluding carboxylic acids is 1. The topological polar surface area (TPSA) is 66.3 Å². The molecule has 1 N–H and O–H groups in total. The summed E-state index contributed by atoms with van der Waals surface area (Å²) in [4.78, 5) is 25.0. The maximum absolute atomic E-state index is 12.6. The molecule has 1 spiro atoms. The molecule has 0 atom stereocenters. The van der Waals surface area contributed by atoms with Gasteiger partial charge >= 0.3 is 0 Å². The van der Waals surface area contributed by atoms with E-state index in [4.69, 9.17) is 14.7 Å². The van der Waals surface area contributed by atoms with Crippen molar-refractivity contribution in [2.75, 3.05) is 37.8 Å². The minimum absolute atomic E-state index is 0.0615. The van der Waals surface area contributed by atoms with Gasteiger partial charge < -0.3 is 15.0 Å². The fourth-order valence-corrected chi connectivity index (χ4v) is 4.61. The second-order valence-electron chi connectivity index (χ2n) is 7.82. The normalized spacial score (nSPS) is 17.9. The van der Waals surface area contributed by atoms with Crippen molar-refractivity contribution in [3.63, 3.8) is 0 Å². The summed E-state index contributed by atoms with van der Waals surface area (Å²) in [6, 6.07) is 17.6. The molecule has 162 valence electrons. The van der Waals surface area contributed by atoms with Crippen molar-refractivity contribution in [1.82, 2.24) is 4.90 Å². The number of nitrogens with one attached hydrogen (secondary N) is 1. The third-order valence-electron chi connectivity index (χ3n) is 5.46. The van der Waals surface area contributed by atoms with Gasteiger partial charge in [-0.2, -0.15) is 0 Å². The number of thioether (sulfide) groups is 1. The van der Waals surface area contributed by atoms with E-state index in [-0.39, 0.29) is 17.3 Å². The number of carbonyl (C=O) groups is 1. The van der Waals surface area contributed by atoms with Gasteiger partial charge in [-0.05, 0) is 38.2 Å². The number of piperidine rings is 1. The molecule has 2 aromatic carbocycles. The van der Waals surface area contributed by atoms with Gasteiger partial charge in [0.25, 0.3) is 0 Å². The SMILES string of the molecule is CCOc1ccc(NC(=O)CSC2=NC3(CCN(C)CC3)N=C2c2ccccc2)cc1. The van der Waals surface area contributed by atoms with Crippen LogP contribution in [0.2, 0.25) is 0 Å². The average Bonchev–Trinajstić information content (AvgIpc) is 3.15. The molecular weight excluding hydrogens is 408 g/mol. The number of rotatable bonds is 6. The molecule has 2 aliphatic rings. The van der Waals surface area contributed by atoms with Crippen LogP contribution in [0.15, 0.2) is 64.6 Å². The molecule has 2 aliphatic heterocycles. The number of nitrogens with zero attached hydrogens (tertiary/aromatic N) is 3. The van der Waals surface area contributed by atoms with E-state index < -0.39 is 0 Å². The predicted molar refractivity (Wildman–Crippen MR) is 129 cm³/mol. The van der Waals surface area contributed by atoms with Gasteiger partial charge in [0.15, 0.2) is 5.66 Å². The fourth-order valence-electron chi connectivity index (χ4n) is 3.74. The second-order valence-corrected chi connectivity index (χ2v) is 8.79. The molecule has 0 saturated carbocycles. The second kappa shape index (κ2) is 9.66. The molecule has 0 aromatic heterocycles. The van der Waals surface area contributed by atoms with Crippen LogP contribution in [0, 0.1) is 0 Å². The van der Waals surface area contributed by atoms with Gasteiger partial charge in [-0.25, -0.2) is 4.99 Å². The molecule has 2 heterocycles. The first kappa shape index (κ1) is 21.6. The number of benzene rings is 2. The van der Waals surface area contributed by atoms with E-state index in [0.717, 1.165) is 53.7 Å². The smallest absolute Gasteiger partial charge is 0.234 e. The summed E-state index contributed by atoms with van der Waals surface area (Å²) in [5, 5.41) is 3.81. The maximum atomic E-state index is 12.6. The van der Waals surface area contributed by atoms with Gasteiger partial charge in [0.2, 0.25) is 5.91 Å². The Hall–Kier alpha value is -2.64. The van der Waals surface area contributed by atoms with Crippen LogP contribution in [0.5, 0.6) is 5.75 Å². The van der Waals surface area contributed by atoms with Crippen molar-refractivity contribution in [3.8, 4) is 5.75 Å². The largest absolute Gasteiger partial charge is 0.494 e. The van der Waals surface area contributed by atoms with Crippen molar-refractivity contribution in [2.45, 2.75) is 25.4 Å². The van der Waals surface area contributed by atoms with E-state index in [1.807, 2.05) is 49.4 Å². The molecule has 1 fully saturated rings. The van der Waals surface area contributed by atoms with E-state index in [1.54, 1.807) is 0 Å². The summed E-state index contributed by atoms with van der Waals surface area (Å²) in [6.07, 6.45) is 1.81. The Kier molecular flexibility index (Phi) is 6.73. The highest BCUT2D eigenvalue weighted by Gasteiger charge is 2.39. The van der Waals surface area contributed by atoms with Crippen LogP contribution in [0.25, 0.3) is 0 Å². The zero-order valence-electron chi connectivity index (χ0n) is 18.0. The number of anilines is 1. The summed E-state index contributed by atoms with van der Waals surface area (Å²) >= 11 is 1.46. The Morgan fingerprint density at radius 3 is 2.48 bits per heavy atom. The fraction of sp³-hybridized carbons (Fsp3) is 0.375. The molecule has 31 heavy (non-hydrogen) atoms. The number of amides is 1. The summed E-state index contributed by atoms with van der Waals surface area (Å²) in [5.74, 6) is 1.02. The molecule has 2 aromatic rings. The average molecular weight is 437 g/mol. The minimum atomic E-state index is -0.383. The van der Waals surface area contributed by atoms with Crippen LogP contribution >= 0.6 is 11.8 Å². The Balaban J connectivity index is 1.44. The van der Waals surface area contributed by atoms with Crippen molar-refractivity contribution < 1.29 is 9.53 Å². The molecule has 4 rings (SSSR count). The molecule has 6 nitrogen and oxygen atoms in total. The summed E-state index contributed by atoms with van der Waals surface area (Å²) in [6.45, 7) is 4.52. The lowest BCUT2D eigenvalue weighted by Crippen LogP contribution is -2.39. The highest BCUT2D eigenvalue weighted by molar-refractivity contribution is 8.16. The van der Waals surface area contributed by atoms with Gasteiger partial charge in [0.1, 0.15) is 10.8 Å². The van der Waals surface area contributed by atoms with Crippen LogP contribution in [0.1, 0.15) is 25.3 Å². The third-order valence-corrected chi connectivity index (χ3v) is 6.42. The van der Waals surface area contributed by atoms with Crippen LogP contribution in [-0.4, -0.2) is 59.7 Å². The maximum Gasteiger partial charge on any atom is 0.234 e. The number of ether oxygens (including phenoxy) is 1. The first-order valence-electron chi connectivity index (χ1n) is 10.7. The number of likely N-dealkylation sites (tertiary alicyclic amines) is 1. The van der Waals surface area contributed by atoms with Crippen molar-refractivity contribution in [2.24, 2.45) is 9.98 Å². The van der Waals surface area contributed by atoms with Crippen molar-refractivity contribution in [1.29, 1.82) is 0 Å².